The molecule has 2 aliphatic heterocycles. The van der Waals surface area contributed by atoms with Gasteiger partial charge in [0.1, 0.15) is 12.0 Å². The maximum Gasteiger partial charge on any atom is 0.196 e. The molecule has 3 aliphatic rings. The first-order chi connectivity index (χ1) is 12.9. The molecule has 0 radical (unpaired) electrons. The smallest absolute Gasteiger partial charge is 0.196 e. The van der Waals surface area contributed by atoms with Crippen LogP contribution in [0.15, 0.2) is 53.8 Å². The van der Waals surface area contributed by atoms with Crippen molar-refractivity contribution in [2.24, 2.45) is 11.3 Å². The molecule has 2 N–H and O–H groups in total. The topological polar surface area (TPSA) is 42.5 Å². The highest BCUT2D eigenvalue weighted by Gasteiger charge is 2.37. The Kier molecular flexibility index (Phi) is 4.82. The molecule has 5 heteroatoms. The first-order valence-electron chi connectivity index (χ1n) is 9.56. The average Bonchev–Trinajstić information content (AvgIpc) is 3.08. The summed E-state index contributed by atoms with van der Waals surface area (Å²) in [7, 11) is 0. The molecule has 0 spiro atoms. The zero-order chi connectivity index (χ0) is 19.0. The highest BCUT2D eigenvalue weighted by atomic mass is 19.1. The molecule has 0 aromatic heterocycles. The van der Waals surface area contributed by atoms with Crippen molar-refractivity contribution in [1.82, 2.24) is 10.6 Å². The lowest BCUT2D eigenvalue weighted by Gasteiger charge is -2.37. The number of nitrogens with one attached hydrogen (secondary N) is 2. The fraction of sp³-hybridized carbons (Fsp3) is 0.455. The minimum Gasteiger partial charge on any atom is -0.359 e. The number of ether oxygens (including phenoxy) is 2. The van der Waals surface area contributed by atoms with Crippen LogP contribution in [-0.2, 0) is 9.47 Å². The van der Waals surface area contributed by atoms with Crippen molar-refractivity contribution in [2.75, 3.05) is 13.2 Å². The Morgan fingerprint density at radius 1 is 1.04 bits per heavy atom. The van der Waals surface area contributed by atoms with E-state index in [0.29, 0.717) is 19.1 Å². The van der Waals surface area contributed by atoms with Gasteiger partial charge in [-0.05, 0) is 47.7 Å². The zero-order valence-electron chi connectivity index (χ0n) is 16.1. The van der Waals surface area contributed by atoms with Crippen LogP contribution in [0.4, 0.5) is 4.39 Å². The van der Waals surface area contributed by atoms with Crippen molar-refractivity contribution in [3.8, 4) is 0 Å². The molecule has 4 nitrogen and oxygen atoms in total. The summed E-state index contributed by atoms with van der Waals surface area (Å²) < 4.78 is 25.3. The maximum atomic E-state index is 13.4. The Labute approximate surface area is 160 Å². The lowest BCUT2D eigenvalue weighted by molar-refractivity contribution is -0.233. The van der Waals surface area contributed by atoms with Gasteiger partial charge in [-0.25, -0.2) is 4.39 Å². The van der Waals surface area contributed by atoms with Gasteiger partial charge in [-0.15, -0.1) is 0 Å². The van der Waals surface area contributed by atoms with Crippen LogP contribution in [0.5, 0.6) is 0 Å². The average molecular weight is 370 g/mol. The Bertz CT molecular complexity index is 785. The molecule has 0 bridgehead atoms. The van der Waals surface area contributed by atoms with Crippen molar-refractivity contribution >= 4 is 5.70 Å². The summed E-state index contributed by atoms with van der Waals surface area (Å²) in [4.78, 5) is 0. The predicted octanol–water partition coefficient (Wildman–Crippen LogP) is 3.93. The highest BCUT2D eigenvalue weighted by Crippen LogP contribution is 2.32. The van der Waals surface area contributed by atoms with Gasteiger partial charge in [-0.1, -0.05) is 39.0 Å². The number of allylic oxidation sites excluding steroid dienone is 3. The van der Waals surface area contributed by atoms with Crippen LogP contribution in [0.3, 0.4) is 0 Å². The zero-order valence-corrected chi connectivity index (χ0v) is 16.1. The molecule has 27 heavy (non-hydrogen) atoms. The summed E-state index contributed by atoms with van der Waals surface area (Å²) in [5, 5.41) is 7.04. The van der Waals surface area contributed by atoms with E-state index in [4.69, 9.17) is 9.47 Å². The fourth-order valence-electron chi connectivity index (χ4n) is 3.51. The molecule has 0 amide bonds. The predicted molar refractivity (Wildman–Crippen MR) is 104 cm³/mol. The van der Waals surface area contributed by atoms with E-state index in [1.54, 1.807) is 12.1 Å². The third kappa shape index (κ3) is 3.94. The van der Waals surface area contributed by atoms with Crippen molar-refractivity contribution in [1.29, 1.82) is 0 Å². The Balaban J connectivity index is 1.60. The van der Waals surface area contributed by atoms with Crippen LogP contribution >= 0.6 is 0 Å². The summed E-state index contributed by atoms with van der Waals surface area (Å²) >= 11 is 0. The van der Waals surface area contributed by atoms with E-state index in [1.165, 1.54) is 12.1 Å². The van der Waals surface area contributed by atoms with Gasteiger partial charge in [0.15, 0.2) is 6.29 Å². The molecular weight excluding hydrogens is 343 g/mol. The molecule has 1 aliphatic carbocycles. The summed E-state index contributed by atoms with van der Waals surface area (Å²) in [5.41, 5.74) is 4.05. The van der Waals surface area contributed by atoms with E-state index in [-0.39, 0.29) is 23.7 Å². The lowest BCUT2D eigenvalue weighted by Crippen LogP contribution is -2.51. The number of rotatable bonds is 3. The van der Waals surface area contributed by atoms with E-state index < -0.39 is 0 Å². The van der Waals surface area contributed by atoms with Crippen molar-refractivity contribution in [2.45, 2.75) is 39.6 Å². The van der Waals surface area contributed by atoms with Crippen LogP contribution < -0.4 is 10.6 Å². The van der Waals surface area contributed by atoms with Crippen LogP contribution in [-0.4, -0.2) is 25.7 Å². The molecule has 2 unspecified atom stereocenters. The van der Waals surface area contributed by atoms with Gasteiger partial charge in [0.05, 0.1) is 24.6 Å². The summed E-state index contributed by atoms with van der Waals surface area (Å²) in [6.07, 6.45) is 7.05. The highest BCUT2D eigenvalue weighted by molar-refractivity contribution is 5.74. The second-order valence-electron chi connectivity index (χ2n) is 8.41. The van der Waals surface area contributed by atoms with Gasteiger partial charge in [0, 0.05) is 5.41 Å². The van der Waals surface area contributed by atoms with Gasteiger partial charge in [-0.2, -0.15) is 0 Å². The van der Waals surface area contributed by atoms with Crippen LogP contribution in [0.1, 0.15) is 32.8 Å². The molecule has 4 rings (SSSR count). The molecule has 1 saturated heterocycles. The monoisotopic (exact) mass is 370 g/mol. The SMILES string of the molecule is CC1C=CC(C2=C(c3ccc(F)cc3)NC(C3OCC(C)(C)CO3)N2)=CC1. The molecular formula is C22H27FN2O2. The Morgan fingerprint density at radius 3 is 2.33 bits per heavy atom. The molecule has 2 atom stereocenters. The fourth-order valence-corrected chi connectivity index (χ4v) is 3.51. The number of hydrogen-bond donors (Lipinski definition) is 2. The van der Waals surface area contributed by atoms with Crippen molar-refractivity contribution < 1.29 is 13.9 Å². The molecule has 1 fully saturated rings. The van der Waals surface area contributed by atoms with E-state index in [1.807, 2.05) is 0 Å². The molecule has 0 saturated carbocycles. The van der Waals surface area contributed by atoms with E-state index in [2.05, 4.69) is 49.6 Å². The Hall–Kier alpha value is -2.11. The largest absolute Gasteiger partial charge is 0.359 e. The minimum absolute atomic E-state index is 0.0237. The quantitative estimate of drug-likeness (QED) is 0.846. The van der Waals surface area contributed by atoms with E-state index in [9.17, 15) is 4.39 Å². The van der Waals surface area contributed by atoms with Crippen LogP contribution in [0, 0.1) is 17.2 Å². The number of hydrogen-bond acceptors (Lipinski definition) is 4. The third-order valence-electron chi connectivity index (χ3n) is 5.13. The van der Waals surface area contributed by atoms with Gasteiger partial charge in [0.25, 0.3) is 0 Å². The minimum atomic E-state index is -0.377. The first-order valence-corrected chi connectivity index (χ1v) is 9.56. The van der Waals surface area contributed by atoms with Crippen LogP contribution in [0.2, 0.25) is 0 Å². The van der Waals surface area contributed by atoms with Crippen molar-refractivity contribution in [3.05, 3.63) is 65.1 Å². The van der Waals surface area contributed by atoms with Gasteiger partial charge in [0.2, 0.25) is 0 Å². The molecule has 1 aromatic carbocycles. The number of halogens is 1. The molecule has 2 heterocycles. The van der Waals surface area contributed by atoms with Gasteiger partial charge in [-0.3, -0.25) is 0 Å². The van der Waals surface area contributed by atoms with Crippen LogP contribution in [0.25, 0.3) is 5.70 Å². The molecule has 144 valence electrons. The molecule has 1 aromatic rings. The normalized spacial score (nSPS) is 27.9. The summed E-state index contributed by atoms with van der Waals surface area (Å²) in [6.45, 7) is 7.77. The van der Waals surface area contributed by atoms with Gasteiger partial charge >= 0.3 is 0 Å². The third-order valence-corrected chi connectivity index (χ3v) is 5.13. The maximum absolute atomic E-state index is 13.4. The van der Waals surface area contributed by atoms with Crippen molar-refractivity contribution in [3.63, 3.8) is 0 Å². The van der Waals surface area contributed by atoms with E-state index >= 15 is 0 Å². The van der Waals surface area contributed by atoms with E-state index in [0.717, 1.165) is 29.0 Å². The summed E-state index contributed by atoms with van der Waals surface area (Å²) in [6, 6.07) is 6.56. The standard InChI is InChI=1S/C22H27FN2O2/c1-14-4-6-15(7-5-14)18-19(16-8-10-17(23)11-9-16)25-20(24-18)21-26-12-22(2,3)13-27-21/h4,6-11,14,20-21,24-25H,5,12-13H2,1-3H3. The second kappa shape index (κ2) is 7.13. The second-order valence-corrected chi connectivity index (χ2v) is 8.41. The lowest BCUT2D eigenvalue weighted by atomic mass is 9.95. The number of benzene rings is 1. The summed E-state index contributed by atoms with van der Waals surface area (Å²) in [5.74, 6) is 0.302. The first kappa shape index (κ1) is 18.3. The Morgan fingerprint density at radius 2 is 1.70 bits per heavy atom. The van der Waals surface area contributed by atoms with Gasteiger partial charge < -0.3 is 20.1 Å².